The van der Waals surface area contributed by atoms with Crippen LogP contribution in [-0.4, -0.2) is 43.4 Å². The number of hydrogen-bond acceptors (Lipinski definition) is 4. The lowest BCUT2D eigenvalue weighted by molar-refractivity contribution is -0.124. The quantitative estimate of drug-likeness (QED) is 0.842. The number of amides is 1. The molecule has 0 radical (unpaired) electrons. The summed E-state index contributed by atoms with van der Waals surface area (Å²) < 4.78 is 6.34. The van der Waals surface area contributed by atoms with Crippen molar-refractivity contribution < 1.29 is 14.6 Å². The van der Waals surface area contributed by atoms with E-state index in [2.05, 4.69) is 26.1 Å². The first-order valence-electron chi connectivity index (χ1n) is 7.18. The zero-order chi connectivity index (χ0) is 15.2. The van der Waals surface area contributed by atoms with Gasteiger partial charge in [0.05, 0.1) is 25.5 Å². The van der Waals surface area contributed by atoms with Crippen LogP contribution in [0.3, 0.4) is 0 Å². The van der Waals surface area contributed by atoms with Crippen LogP contribution in [-0.2, 0) is 16.1 Å². The van der Waals surface area contributed by atoms with Crippen LogP contribution in [0.2, 0.25) is 0 Å². The van der Waals surface area contributed by atoms with Crippen molar-refractivity contribution in [2.45, 2.75) is 26.0 Å². The summed E-state index contributed by atoms with van der Waals surface area (Å²) in [6, 6.07) is 5.37. The average molecular weight is 357 g/mol. The summed E-state index contributed by atoms with van der Waals surface area (Å²) in [7, 11) is 0. The van der Waals surface area contributed by atoms with E-state index in [4.69, 9.17) is 4.74 Å². The minimum atomic E-state index is -0.318. The highest BCUT2D eigenvalue weighted by atomic mass is 79.9. The molecule has 116 valence electrons. The Kier molecular flexibility index (Phi) is 6.02. The fourth-order valence-corrected chi connectivity index (χ4v) is 3.01. The summed E-state index contributed by atoms with van der Waals surface area (Å²) >= 11 is 3.53. The Balaban J connectivity index is 2.20. The van der Waals surface area contributed by atoms with Crippen molar-refractivity contribution in [1.82, 2.24) is 5.32 Å². The number of nitrogens with one attached hydrogen (secondary N) is 1. The lowest BCUT2D eigenvalue weighted by Crippen LogP contribution is -2.54. The molecule has 1 heterocycles. The van der Waals surface area contributed by atoms with Gasteiger partial charge in [-0.1, -0.05) is 13.0 Å². The lowest BCUT2D eigenvalue weighted by atomic mass is 10.1. The van der Waals surface area contributed by atoms with Crippen molar-refractivity contribution in [1.29, 1.82) is 0 Å². The van der Waals surface area contributed by atoms with Gasteiger partial charge < -0.3 is 20.1 Å². The van der Waals surface area contributed by atoms with Gasteiger partial charge in [-0.25, -0.2) is 0 Å². The van der Waals surface area contributed by atoms with E-state index in [1.807, 2.05) is 25.1 Å². The number of carbonyl (C=O) groups is 1. The SMILES string of the molecule is CCCNC(=O)C1COCCN1c1ccc(CO)cc1Br. The molecule has 0 aromatic heterocycles. The van der Waals surface area contributed by atoms with Crippen LogP contribution in [0.4, 0.5) is 5.69 Å². The number of anilines is 1. The second kappa shape index (κ2) is 7.77. The smallest absolute Gasteiger partial charge is 0.245 e. The van der Waals surface area contributed by atoms with E-state index in [1.54, 1.807) is 0 Å². The molecule has 2 rings (SSSR count). The van der Waals surface area contributed by atoms with E-state index in [9.17, 15) is 9.90 Å². The monoisotopic (exact) mass is 356 g/mol. The van der Waals surface area contributed by atoms with E-state index in [0.29, 0.717) is 26.3 Å². The van der Waals surface area contributed by atoms with Crippen molar-refractivity contribution >= 4 is 27.5 Å². The third-order valence-electron chi connectivity index (χ3n) is 3.48. The number of rotatable bonds is 5. The standard InChI is InChI=1S/C15H21BrN2O3/c1-2-5-17-15(20)14-10-21-7-6-18(14)13-4-3-11(9-19)8-12(13)16/h3-4,8,14,19H,2,5-7,9-10H2,1H3,(H,17,20). The van der Waals surface area contributed by atoms with Crippen LogP contribution in [0, 0.1) is 0 Å². The van der Waals surface area contributed by atoms with Crippen LogP contribution in [0.5, 0.6) is 0 Å². The van der Waals surface area contributed by atoms with Crippen LogP contribution >= 0.6 is 15.9 Å². The molecule has 21 heavy (non-hydrogen) atoms. The lowest BCUT2D eigenvalue weighted by Gasteiger charge is -2.37. The molecule has 1 aliphatic heterocycles. The fourth-order valence-electron chi connectivity index (χ4n) is 2.36. The first-order valence-corrected chi connectivity index (χ1v) is 7.98. The molecule has 1 aromatic carbocycles. The molecule has 1 saturated heterocycles. The first-order chi connectivity index (χ1) is 10.2. The highest BCUT2D eigenvalue weighted by molar-refractivity contribution is 9.10. The zero-order valence-electron chi connectivity index (χ0n) is 12.1. The average Bonchev–Trinajstić information content (AvgIpc) is 2.52. The summed E-state index contributed by atoms with van der Waals surface area (Å²) in [6.07, 6.45) is 0.911. The van der Waals surface area contributed by atoms with Gasteiger partial charge in [-0.15, -0.1) is 0 Å². The number of hydrogen-bond donors (Lipinski definition) is 2. The molecule has 1 unspecified atom stereocenters. The van der Waals surface area contributed by atoms with Gasteiger partial charge in [-0.3, -0.25) is 4.79 Å². The van der Waals surface area contributed by atoms with Gasteiger partial charge in [-0.2, -0.15) is 0 Å². The summed E-state index contributed by atoms with van der Waals surface area (Å²) in [5.74, 6) is -0.00492. The van der Waals surface area contributed by atoms with Crippen LogP contribution in [0.1, 0.15) is 18.9 Å². The number of ether oxygens (including phenoxy) is 1. The molecule has 0 spiro atoms. The van der Waals surface area contributed by atoms with Crippen LogP contribution < -0.4 is 10.2 Å². The second-order valence-corrected chi connectivity index (χ2v) is 5.87. The predicted molar refractivity (Wildman–Crippen MR) is 85.3 cm³/mol. The summed E-state index contributed by atoms with van der Waals surface area (Å²) in [4.78, 5) is 14.3. The predicted octanol–water partition coefficient (Wildman–Crippen LogP) is 1.67. The molecule has 5 nitrogen and oxygen atoms in total. The Bertz CT molecular complexity index is 496. The fraction of sp³-hybridized carbons (Fsp3) is 0.533. The third kappa shape index (κ3) is 3.96. The molecule has 1 aromatic rings. The Morgan fingerprint density at radius 3 is 3.05 bits per heavy atom. The minimum Gasteiger partial charge on any atom is -0.392 e. The van der Waals surface area contributed by atoms with Crippen molar-refractivity contribution in [2.75, 3.05) is 31.2 Å². The maximum absolute atomic E-state index is 12.3. The Hall–Kier alpha value is -1.11. The number of carbonyl (C=O) groups excluding carboxylic acids is 1. The molecule has 0 saturated carbocycles. The van der Waals surface area contributed by atoms with Gasteiger partial charge in [0.2, 0.25) is 5.91 Å². The zero-order valence-corrected chi connectivity index (χ0v) is 13.7. The third-order valence-corrected chi connectivity index (χ3v) is 4.12. The molecule has 0 aliphatic carbocycles. The molecule has 0 bridgehead atoms. The minimum absolute atomic E-state index is 0.00239. The summed E-state index contributed by atoms with van der Waals surface area (Å²) in [6.45, 7) is 4.37. The van der Waals surface area contributed by atoms with E-state index < -0.39 is 0 Å². The maximum Gasteiger partial charge on any atom is 0.245 e. The number of halogens is 1. The Morgan fingerprint density at radius 1 is 1.57 bits per heavy atom. The van der Waals surface area contributed by atoms with E-state index in [0.717, 1.165) is 22.1 Å². The second-order valence-electron chi connectivity index (χ2n) is 5.02. The number of morpholine rings is 1. The van der Waals surface area contributed by atoms with Crippen molar-refractivity contribution in [3.05, 3.63) is 28.2 Å². The van der Waals surface area contributed by atoms with E-state index >= 15 is 0 Å². The molecule has 6 heteroatoms. The van der Waals surface area contributed by atoms with Crippen LogP contribution in [0.25, 0.3) is 0 Å². The molecule has 1 amide bonds. The van der Waals surface area contributed by atoms with Crippen molar-refractivity contribution in [3.8, 4) is 0 Å². The number of aliphatic hydroxyl groups excluding tert-OH is 1. The summed E-state index contributed by atoms with van der Waals surface area (Å²) in [5.41, 5.74) is 1.79. The molecule has 1 atom stereocenters. The van der Waals surface area contributed by atoms with Gasteiger partial charge in [0.1, 0.15) is 6.04 Å². The molecule has 1 aliphatic rings. The highest BCUT2D eigenvalue weighted by Crippen LogP contribution is 2.30. The van der Waals surface area contributed by atoms with E-state index in [-0.39, 0.29) is 18.6 Å². The van der Waals surface area contributed by atoms with Crippen molar-refractivity contribution in [2.24, 2.45) is 0 Å². The van der Waals surface area contributed by atoms with Gasteiger partial charge in [-0.05, 0) is 40.0 Å². The largest absolute Gasteiger partial charge is 0.392 e. The highest BCUT2D eigenvalue weighted by Gasteiger charge is 2.30. The van der Waals surface area contributed by atoms with Crippen molar-refractivity contribution in [3.63, 3.8) is 0 Å². The Morgan fingerprint density at radius 2 is 2.38 bits per heavy atom. The number of benzene rings is 1. The van der Waals surface area contributed by atoms with Gasteiger partial charge in [0.15, 0.2) is 0 Å². The molecular formula is C15H21BrN2O3. The summed E-state index contributed by atoms with van der Waals surface area (Å²) in [5, 5.41) is 12.1. The van der Waals surface area contributed by atoms with E-state index in [1.165, 1.54) is 0 Å². The number of nitrogens with zero attached hydrogens (tertiary/aromatic N) is 1. The van der Waals surface area contributed by atoms with Gasteiger partial charge in [0.25, 0.3) is 0 Å². The Labute approximate surface area is 133 Å². The molecule has 2 N–H and O–H groups in total. The van der Waals surface area contributed by atoms with Gasteiger partial charge >= 0.3 is 0 Å². The van der Waals surface area contributed by atoms with Gasteiger partial charge in [0, 0.05) is 17.6 Å². The first kappa shape index (κ1) is 16.3. The topological polar surface area (TPSA) is 61.8 Å². The normalized spacial score (nSPS) is 18.6. The molecule has 1 fully saturated rings. The van der Waals surface area contributed by atoms with Crippen LogP contribution in [0.15, 0.2) is 22.7 Å². The number of aliphatic hydroxyl groups is 1. The maximum atomic E-state index is 12.3. The molecular weight excluding hydrogens is 336 g/mol.